The fourth-order valence-corrected chi connectivity index (χ4v) is 1.58. The Morgan fingerprint density at radius 1 is 1.00 bits per heavy atom. The van der Waals surface area contributed by atoms with Crippen molar-refractivity contribution in [1.82, 2.24) is 0 Å². The van der Waals surface area contributed by atoms with Gasteiger partial charge >= 0.3 is 0 Å². The van der Waals surface area contributed by atoms with Crippen molar-refractivity contribution >= 4 is 23.5 Å². The number of carbonyl (C=O) groups excluding carboxylic acids is 1. The van der Waals surface area contributed by atoms with Crippen LogP contribution >= 0.6 is 11.6 Å². The third kappa shape index (κ3) is 3.28. The quantitative estimate of drug-likeness (QED) is 0.591. The molecule has 0 aliphatic heterocycles. The van der Waals surface area contributed by atoms with Crippen molar-refractivity contribution < 1.29 is 9.18 Å². The van der Waals surface area contributed by atoms with Crippen molar-refractivity contribution in [2.45, 2.75) is 0 Å². The van der Waals surface area contributed by atoms with Gasteiger partial charge in [0.2, 0.25) is 0 Å². The predicted octanol–water partition coefficient (Wildman–Crippen LogP) is 4.38. The van der Waals surface area contributed by atoms with Gasteiger partial charge in [-0.2, -0.15) is 0 Å². The van der Waals surface area contributed by atoms with Crippen LogP contribution in [0.3, 0.4) is 0 Å². The minimum atomic E-state index is -0.353. The van der Waals surface area contributed by atoms with Gasteiger partial charge in [0.1, 0.15) is 5.82 Å². The first-order chi connectivity index (χ1) is 8.65. The molecule has 0 fully saturated rings. The molecule has 0 aliphatic carbocycles. The van der Waals surface area contributed by atoms with Crippen LogP contribution in [-0.2, 0) is 0 Å². The first-order valence-corrected chi connectivity index (χ1v) is 5.76. The molecule has 0 atom stereocenters. The number of carbonyl (C=O) groups is 1. The standard InChI is InChI=1S/C15H10ClFO/c16-13-6-1-11(2-7-13)3-10-15(18)12-4-8-14(17)9-5-12/h1-10H/b10-3+. The Hall–Kier alpha value is -1.93. The van der Waals surface area contributed by atoms with E-state index in [1.165, 1.54) is 30.3 Å². The predicted molar refractivity (Wildman–Crippen MR) is 71.2 cm³/mol. The van der Waals surface area contributed by atoms with E-state index in [0.29, 0.717) is 10.6 Å². The van der Waals surface area contributed by atoms with E-state index in [1.807, 2.05) is 12.1 Å². The Morgan fingerprint density at radius 2 is 1.61 bits per heavy atom. The van der Waals surface area contributed by atoms with Crippen LogP contribution in [0.4, 0.5) is 4.39 Å². The van der Waals surface area contributed by atoms with Gasteiger partial charge in [-0.15, -0.1) is 0 Å². The molecule has 2 aromatic rings. The van der Waals surface area contributed by atoms with Crippen LogP contribution in [0.5, 0.6) is 0 Å². The third-order valence-electron chi connectivity index (χ3n) is 2.43. The van der Waals surface area contributed by atoms with E-state index in [2.05, 4.69) is 0 Å². The summed E-state index contributed by atoms with van der Waals surface area (Å²) in [7, 11) is 0. The van der Waals surface area contributed by atoms with Crippen molar-refractivity contribution in [3.8, 4) is 0 Å². The van der Waals surface area contributed by atoms with Gasteiger partial charge in [-0.3, -0.25) is 4.79 Å². The van der Waals surface area contributed by atoms with Gasteiger partial charge in [-0.25, -0.2) is 4.39 Å². The summed E-state index contributed by atoms with van der Waals surface area (Å²) in [6, 6.07) is 12.6. The van der Waals surface area contributed by atoms with Crippen LogP contribution in [0.2, 0.25) is 5.02 Å². The average molecular weight is 261 g/mol. The topological polar surface area (TPSA) is 17.1 Å². The van der Waals surface area contributed by atoms with Crippen molar-refractivity contribution in [2.24, 2.45) is 0 Å². The van der Waals surface area contributed by atoms with Crippen LogP contribution in [0, 0.1) is 5.82 Å². The monoisotopic (exact) mass is 260 g/mol. The number of halogens is 2. The summed E-state index contributed by atoms with van der Waals surface area (Å²) < 4.78 is 12.7. The normalized spacial score (nSPS) is 10.8. The molecule has 18 heavy (non-hydrogen) atoms. The molecule has 0 aliphatic rings. The van der Waals surface area contributed by atoms with E-state index < -0.39 is 0 Å². The molecule has 90 valence electrons. The molecule has 0 heterocycles. The van der Waals surface area contributed by atoms with E-state index in [9.17, 15) is 9.18 Å². The van der Waals surface area contributed by atoms with Crippen LogP contribution < -0.4 is 0 Å². The maximum atomic E-state index is 12.7. The highest BCUT2D eigenvalue weighted by Gasteiger charge is 2.01. The largest absolute Gasteiger partial charge is 0.289 e. The summed E-state index contributed by atoms with van der Waals surface area (Å²) in [4.78, 5) is 11.8. The first-order valence-electron chi connectivity index (χ1n) is 5.39. The lowest BCUT2D eigenvalue weighted by atomic mass is 10.1. The molecular weight excluding hydrogens is 251 g/mol. The molecule has 1 nitrogen and oxygen atoms in total. The molecular formula is C15H10ClFO. The molecule has 0 radical (unpaired) electrons. The van der Waals surface area contributed by atoms with Gasteiger partial charge in [-0.05, 0) is 48.0 Å². The van der Waals surface area contributed by atoms with E-state index >= 15 is 0 Å². The summed E-state index contributed by atoms with van der Waals surface area (Å²) in [5.74, 6) is -0.516. The molecule has 0 amide bonds. The molecule has 2 rings (SSSR count). The van der Waals surface area contributed by atoms with Crippen LogP contribution in [0.15, 0.2) is 54.6 Å². The van der Waals surface area contributed by atoms with Gasteiger partial charge in [0.15, 0.2) is 5.78 Å². The number of hydrogen-bond acceptors (Lipinski definition) is 1. The lowest BCUT2D eigenvalue weighted by Crippen LogP contribution is -1.93. The fraction of sp³-hybridized carbons (Fsp3) is 0. The number of hydrogen-bond donors (Lipinski definition) is 0. The van der Waals surface area contributed by atoms with Crippen LogP contribution in [0.1, 0.15) is 15.9 Å². The molecule has 3 heteroatoms. The SMILES string of the molecule is O=C(/C=C/c1ccc(Cl)cc1)c1ccc(F)cc1. The van der Waals surface area contributed by atoms with Crippen molar-refractivity contribution in [3.63, 3.8) is 0 Å². The van der Waals surface area contributed by atoms with Gasteiger partial charge < -0.3 is 0 Å². The van der Waals surface area contributed by atoms with Crippen molar-refractivity contribution in [2.75, 3.05) is 0 Å². The minimum Gasteiger partial charge on any atom is -0.289 e. The Kier molecular flexibility index (Phi) is 3.90. The molecule has 0 aromatic heterocycles. The number of benzene rings is 2. The van der Waals surface area contributed by atoms with E-state index in [0.717, 1.165) is 5.56 Å². The number of allylic oxidation sites excluding steroid dienone is 1. The molecule has 2 aromatic carbocycles. The van der Waals surface area contributed by atoms with Gasteiger partial charge in [0.05, 0.1) is 0 Å². The maximum absolute atomic E-state index is 12.7. The lowest BCUT2D eigenvalue weighted by Gasteiger charge is -1.96. The third-order valence-corrected chi connectivity index (χ3v) is 2.68. The van der Waals surface area contributed by atoms with Crippen molar-refractivity contribution in [1.29, 1.82) is 0 Å². The fourth-order valence-electron chi connectivity index (χ4n) is 1.46. The highest BCUT2D eigenvalue weighted by Crippen LogP contribution is 2.11. The Labute approximate surface area is 110 Å². The summed E-state index contributed by atoms with van der Waals surface area (Å²) in [5, 5.41) is 0.650. The molecule has 0 unspecified atom stereocenters. The summed E-state index contributed by atoms with van der Waals surface area (Å²) >= 11 is 5.76. The summed E-state index contributed by atoms with van der Waals surface area (Å²) in [5.41, 5.74) is 1.34. The van der Waals surface area contributed by atoms with Crippen LogP contribution in [-0.4, -0.2) is 5.78 Å². The summed E-state index contributed by atoms with van der Waals surface area (Å²) in [6.45, 7) is 0. The summed E-state index contributed by atoms with van der Waals surface area (Å²) in [6.07, 6.45) is 3.15. The molecule has 0 N–H and O–H groups in total. The second-order valence-electron chi connectivity index (χ2n) is 3.76. The smallest absolute Gasteiger partial charge is 0.185 e. The number of rotatable bonds is 3. The maximum Gasteiger partial charge on any atom is 0.185 e. The Balaban J connectivity index is 2.11. The molecule has 0 bridgehead atoms. The minimum absolute atomic E-state index is 0.162. The lowest BCUT2D eigenvalue weighted by molar-refractivity contribution is 0.104. The second kappa shape index (κ2) is 5.61. The zero-order valence-electron chi connectivity index (χ0n) is 9.44. The Bertz CT molecular complexity index is 570. The molecule has 0 saturated carbocycles. The van der Waals surface area contributed by atoms with E-state index in [1.54, 1.807) is 18.2 Å². The average Bonchev–Trinajstić information content (AvgIpc) is 2.38. The van der Waals surface area contributed by atoms with Crippen molar-refractivity contribution in [3.05, 3.63) is 76.6 Å². The zero-order chi connectivity index (χ0) is 13.0. The zero-order valence-corrected chi connectivity index (χ0v) is 10.2. The van der Waals surface area contributed by atoms with Gasteiger partial charge in [0, 0.05) is 10.6 Å². The van der Waals surface area contributed by atoms with Gasteiger partial charge in [0.25, 0.3) is 0 Å². The highest BCUT2D eigenvalue weighted by molar-refractivity contribution is 6.30. The van der Waals surface area contributed by atoms with E-state index in [-0.39, 0.29) is 11.6 Å². The highest BCUT2D eigenvalue weighted by atomic mass is 35.5. The number of ketones is 1. The molecule has 0 spiro atoms. The Morgan fingerprint density at radius 3 is 2.22 bits per heavy atom. The second-order valence-corrected chi connectivity index (χ2v) is 4.19. The van der Waals surface area contributed by atoms with E-state index in [4.69, 9.17) is 11.6 Å². The first kappa shape index (κ1) is 12.5. The van der Waals surface area contributed by atoms with Gasteiger partial charge in [-0.1, -0.05) is 29.8 Å². The molecule has 0 saturated heterocycles. The van der Waals surface area contributed by atoms with Crippen LogP contribution in [0.25, 0.3) is 6.08 Å².